The van der Waals surface area contributed by atoms with Crippen LogP contribution in [-0.2, 0) is 19.1 Å². The first-order valence-corrected chi connectivity index (χ1v) is 9.81. The topological polar surface area (TPSA) is 52.6 Å². The summed E-state index contributed by atoms with van der Waals surface area (Å²) in [5.41, 5.74) is -2.57. The standard InChI is InChI=1S/C21H40O4/c1-9-11-13-15-24-17(22)21(19(3,4)5,20(6,7)8)18(23)25-16-14-12-10-2/h9-16H2,1-8H3. The molecule has 4 nitrogen and oxygen atoms in total. The third-order valence-corrected chi connectivity index (χ3v) is 4.82. The van der Waals surface area contributed by atoms with E-state index in [2.05, 4.69) is 13.8 Å². The average Bonchev–Trinajstić information content (AvgIpc) is 2.45. The minimum absolute atomic E-state index is 0.351. The number of esters is 2. The van der Waals surface area contributed by atoms with E-state index < -0.39 is 28.2 Å². The van der Waals surface area contributed by atoms with Gasteiger partial charge in [-0.05, 0) is 23.7 Å². The molecule has 0 fully saturated rings. The molecule has 0 unspecified atom stereocenters. The lowest BCUT2D eigenvalue weighted by molar-refractivity contribution is -0.194. The molecule has 0 N–H and O–H groups in total. The fourth-order valence-corrected chi connectivity index (χ4v) is 3.68. The Morgan fingerprint density at radius 2 is 0.960 bits per heavy atom. The Morgan fingerprint density at radius 1 is 0.640 bits per heavy atom. The van der Waals surface area contributed by atoms with Gasteiger partial charge < -0.3 is 9.47 Å². The number of rotatable bonds is 10. The highest BCUT2D eigenvalue weighted by molar-refractivity contribution is 6.02. The van der Waals surface area contributed by atoms with Crippen LogP contribution in [0.5, 0.6) is 0 Å². The van der Waals surface area contributed by atoms with Crippen LogP contribution < -0.4 is 0 Å². The predicted octanol–water partition coefficient (Wildman–Crippen LogP) is 5.53. The lowest BCUT2D eigenvalue weighted by atomic mass is 9.54. The van der Waals surface area contributed by atoms with E-state index >= 15 is 0 Å². The third kappa shape index (κ3) is 6.00. The maximum Gasteiger partial charge on any atom is 0.324 e. The Morgan fingerprint density at radius 3 is 1.20 bits per heavy atom. The molecule has 0 saturated heterocycles. The van der Waals surface area contributed by atoms with E-state index in [0.29, 0.717) is 13.2 Å². The van der Waals surface area contributed by atoms with Gasteiger partial charge in [-0.25, -0.2) is 0 Å². The predicted molar refractivity (Wildman–Crippen MR) is 102 cm³/mol. The van der Waals surface area contributed by atoms with Crippen LogP contribution in [0.4, 0.5) is 0 Å². The number of unbranched alkanes of at least 4 members (excludes halogenated alkanes) is 4. The van der Waals surface area contributed by atoms with Crippen molar-refractivity contribution >= 4 is 11.9 Å². The molecule has 25 heavy (non-hydrogen) atoms. The Hall–Kier alpha value is -1.06. The molecule has 4 heteroatoms. The molecule has 148 valence electrons. The lowest BCUT2D eigenvalue weighted by Gasteiger charge is -2.48. The van der Waals surface area contributed by atoms with Crippen LogP contribution in [0, 0.1) is 16.2 Å². The fourth-order valence-electron chi connectivity index (χ4n) is 3.68. The number of hydrogen-bond donors (Lipinski definition) is 0. The summed E-state index contributed by atoms with van der Waals surface area (Å²) >= 11 is 0. The highest BCUT2D eigenvalue weighted by Crippen LogP contribution is 2.53. The van der Waals surface area contributed by atoms with Gasteiger partial charge in [0, 0.05) is 0 Å². The number of carbonyl (C=O) groups is 2. The normalized spacial score (nSPS) is 12.8. The molecule has 0 aromatic rings. The van der Waals surface area contributed by atoms with Gasteiger partial charge in [0.25, 0.3) is 0 Å². The molecule has 0 aromatic heterocycles. The van der Waals surface area contributed by atoms with Crippen molar-refractivity contribution in [3.05, 3.63) is 0 Å². The first-order chi connectivity index (χ1) is 11.5. The Balaban J connectivity index is 5.54. The minimum atomic E-state index is -1.33. The zero-order valence-electron chi connectivity index (χ0n) is 17.8. The fraction of sp³-hybridized carbons (Fsp3) is 0.905. The third-order valence-electron chi connectivity index (χ3n) is 4.82. The van der Waals surface area contributed by atoms with Crippen molar-refractivity contribution in [3.8, 4) is 0 Å². The molecule has 0 atom stereocenters. The van der Waals surface area contributed by atoms with Gasteiger partial charge in [0.2, 0.25) is 0 Å². The molecule has 0 aliphatic carbocycles. The first kappa shape index (κ1) is 23.9. The summed E-state index contributed by atoms with van der Waals surface area (Å²) < 4.78 is 11.1. The van der Waals surface area contributed by atoms with Gasteiger partial charge in [-0.15, -0.1) is 0 Å². The summed E-state index contributed by atoms with van der Waals surface area (Å²) in [6, 6.07) is 0. The molecule has 0 spiro atoms. The summed E-state index contributed by atoms with van der Waals surface area (Å²) in [5.74, 6) is -0.909. The van der Waals surface area contributed by atoms with Gasteiger partial charge in [0.15, 0.2) is 5.41 Å². The van der Waals surface area contributed by atoms with Crippen molar-refractivity contribution in [1.82, 2.24) is 0 Å². The van der Waals surface area contributed by atoms with Gasteiger partial charge in [-0.3, -0.25) is 9.59 Å². The van der Waals surface area contributed by atoms with Crippen LogP contribution >= 0.6 is 0 Å². The van der Waals surface area contributed by atoms with Crippen LogP contribution in [0.1, 0.15) is 93.9 Å². The molecule has 0 heterocycles. The SMILES string of the molecule is CCCCCOC(=O)C(C(=O)OCCCCC)(C(C)(C)C)C(C)(C)C. The molecule has 0 rings (SSSR count). The van der Waals surface area contributed by atoms with E-state index in [4.69, 9.17) is 9.47 Å². The molecule has 0 aliphatic rings. The summed E-state index contributed by atoms with van der Waals surface area (Å²) in [6.45, 7) is 16.4. The minimum Gasteiger partial charge on any atom is -0.465 e. The quantitative estimate of drug-likeness (QED) is 0.293. The van der Waals surface area contributed by atoms with Gasteiger partial charge in [-0.2, -0.15) is 0 Å². The van der Waals surface area contributed by atoms with Crippen molar-refractivity contribution < 1.29 is 19.1 Å². The first-order valence-electron chi connectivity index (χ1n) is 9.81. The lowest BCUT2D eigenvalue weighted by Crippen LogP contribution is -2.59. The summed E-state index contributed by atoms with van der Waals surface area (Å²) in [7, 11) is 0. The summed E-state index contributed by atoms with van der Waals surface area (Å²) in [6.07, 6.45) is 5.76. The Kier molecular flexibility index (Phi) is 9.75. The van der Waals surface area contributed by atoms with E-state index in [0.717, 1.165) is 38.5 Å². The molecule has 0 saturated carbocycles. The van der Waals surface area contributed by atoms with Crippen molar-refractivity contribution in [2.24, 2.45) is 16.2 Å². The van der Waals surface area contributed by atoms with Crippen molar-refractivity contribution in [3.63, 3.8) is 0 Å². The van der Waals surface area contributed by atoms with Crippen molar-refractivity contribution in [2.45, 2.75) is 93.9 Å². The van der Waals surface area contributed by atoms with Crippen LogP contribution in [0.15, 0.2) is 0 Å². The van der Waals surface area contributed by atoms with Crippen molar-refractivity contribution in [1.29, 1.82) is 0 Å². The van der Waals surface area contributed by atoms with Gasteiger partial charge in [0.1, 0.15) is 0 Å². The van der Waals surface area contributed by atoms with Crippen LogP contribution in [0.3, 0.4) is 0 Å². The average molecular weight is 357 g/mol. The smallest absolute Gasteiger partial charge is 0.324 e. The van der Waals surface area contributed by atoms with Crippen LogP contribution in [0.2, 0.25) is 0 Å². The molecular weight excluding hydrogens is 316 g/mol. The number of hydrogen-bond acceptors (Lipinski definition) is 4. The number of carbonyl (C=O) groups excluding carboxylic acids is 2. The highest BCUT2D eigenvalue weighted by atomic mass is 16.6. The molecular formula is C21H40O4. The number of ether oxygens (including phenoxy) is 2. The molecule has 0 amide bonds. The van der Waals surface area contributed by atoms with E-state index in [1.807, 2.05) is 41.5 Å². The van der Waals surface area contributed by atoms with Crippen LogP contribution in [0.25, 0.3) is 0 Å². The van der Waals surface area contributed by atoms with Crippen molar-refractivity contribution in [2.75, 3.05) is 13.2 Å². The highest BCUT2D eigenvalue weighted by Gasteiger charge is 2.64. The monoisotopic (exact) mass is 356 g/mol. The second-order valence-corrected chi connectivity index (χ2v) is 8.94. The zero-order valence-corrected chi connectivity index (χ0v) is 17.8. The maximum atomic E-state index is 13.1. The summed E-state index contributed by atoms with van der Waals surface area (Å²) in [4.78, 5) is 26.3. The van der Waals surface area contributed by atoms with Crippen LogP contribution in [-0.4, -0.2) is 25.2 Å². The zero-order chi connectivity index (χ0) is 19.7. The molecule has 0 bridgehead atoms. The van der Waals surface area contributed by atoms with Gasteiger partial charge in [-0.1, -0.05) is 81.1 Å². The second kappa shape index (κ2) is 10.2. The Bertz CT molecular complexity index is 373. The van der Waals surface area contributed by atoms with E-state index in [1.165, 1.54) is 0 Å². The van der Waals surface area contributed by atoms with E-state index in [9.17, 15) is 9.59 Å². The maximum absolute atomic E-state index is 13.1. The molecule has 0 aromatic carbocycles. The molecule has 0 radical (unpaired) electrons. The Labute approximate surface area is 155 Å². The van der Waals surface area contributed by atoms with Gasteiger partial charge >= 0.3 is 11.9 Å². The van der Waals surface area contributed by atoms with E-state index in [-0.39, 0.29) is 0 Å². The summed E-state index contributed by atoms with van der Waals surface area (Å²) in [5, 5.41) is 0. The molecule has 0 aliphatic heterocycles. The van der Waals surface area contributed by atoms with Gasteiger partial charge in [0.05, 0.1) is 13.2 Å². The largest absolute Gasteiger partial charge is 0.465 e. The van der Waals surface area contributed by atoms with E-state index in [1.54, 1.807) is 0 Å². The second-order valence-electron chi connectivity index (χ2n) is 8.94.